The number of aromatic hydroxyl groups is 1. The molecule has 0 saturated heterocycles. The molecule has 0 aliphatic heterocycles. The summed E-state index contributed by atoms with van der Waals surface area (Å²) in [4.78, 5) is 0. The van der Waals surface area contributed by atoms with Crippen molar-refractivity contribution in [3.8, 4) is 5.75 Å². The molecule has 0 heterocycles. The van der Waals surface area contributed by atoms with E-state index in [0.29, 0.717) is 0 Å². The smallest absolute Gasteiger partial charge is 0.534 e. The molecule has 0 amide bonds. The summed E-state index contributed by atoms with van der Waals surface area (Å²) in [6.45, 7) is 0. The fourth-order valence-electron chi connectivity index (χ4n) is 0.384. The van der Waals surface area contributed by atoms with E-state index in [-0.39, 0.29) is 69.8 Å². The van der Waals surface area contributed by atoms with E-state index in [9.17, 15) is 0 Å². The number of benzene rings is 1. The van der Waals surface area contributed by atoms with Gasteiger partial charge in [-0.25, -0.2) is 0 Å². The first kappa shape index (κ1) is 22.5. The van der Waals surface area contributed by atoms with Crippen molar-refractivity contribution in [2.45, 2.75) is 0 Å². The van der Waals surface area contributed by atoms with E-state index in [1.54, 1.807) is 24.3 Å². The van der Waals surface area contributed by atoms with Gasteiger partial charge in [0.1, 0.15) is 0 Å². The predicted octanol–water partition coefficient (Wildman–Crippen LogP) is 2.54. The van der Waals surface area contributed by atoms with Crippen LogP contribution in [0.25, 0.3) is 0 Å². The van der Waals surface area contributed by atoms with Crippen molar-refractivity contribution in [3.05, 3.63) is 52.6 Å². The Morgan fingerprint density at radius 2 is 1.64 bits per heavy atom. The first-order valence-electron chi connectivity index (χ1n) is 2.05. The van der Waals surface area contributed by atoms with Crippen molar-refractivity contribution < 1.29 is 46.9 Å². The monoisotopic (exact) mass is 278 g/mol. The average Bonchev–Trinajstić information content (AvgIpc) is 1.69. The molecule has 0 atom stereocenters. The molecule has 0 aromatic heterocycles. The van der Waals surface area contributed by atoms with E-state index in [1.165, 1.54) is 0 Å². The Balaban J connectivity index is -0.0000000612. The van der Waals surface area contributed by atoms with Gasteiger partial charge in [-0.15, -0.1) is 12.1 Å². The van der Waals surface area contributed by atoms with Gasteiger partial charge in [0.2, 0.25) is 0 Å². The van der Waals surface area contributed by atoms with Gasteiger partial charge in [-0.3, -0.25) is 0 Å². The van der Waals surface area contributed by atoms with E-state index >= 15 is 0 Å². The molecule has 1 N–H and O–H groups in total. The molecule has 0 aliphatic carbocycles. The number of rotatable bonds is 0. The molecule has 0 radical (unpaired) electrons. The van der Waals surface area contributed by atoms with Crippen LogP contribution in [0.3, 0.4) is 0 Å². The Kier molecular flexibility index (Phi) is 26.7. The minimum Gasteiger partial charge on any atom is -0.534 e. The molecule has 0 spiro atoms. The first-order valence-corrected chi connectivity index (χ1v) is 2.05. The van der Waals surface area contributed by atoms with Crippen LogP contribution < -0.4 is 0 Å². The largest absolute Gasteiger partial charge is 4.00 e. The maximum atomic E-state index is 8.58. The number of hydrogen-bond acceptors (Lipinski definition) is 1. The van der Waals surface area contributed by atoms with Crippen molar-refractivity contribution in [2.75, 3.05) is 0 Å². The van der Waals surface area contributed by atoms with Crippen molar-refractivity contribution in [2.24, 2.45) is 0 Å². The molecule has 0 fully saturated rings. The fourth-order valence-corrected chi connectivity index (χ4v) is 0.384. The van der Waals surface area contributed by atoms with Crippen LogP contribution in [0.5, 0.6) is 5.75 Å². The summed E-state index contributed by atoms with van der Waals surface area (Å²) in [5.41, 5.74) is 0. The SMILES string of the molecule is Oc1[c-]cccc1.[CH3-].[CH3-].[CH3-].[Ce+4]. The first-order chi connectivity index (χ1) is 3.39. The molecule has 1 rings (SSSR count). The minimum absolute atomic E-state index is 0. The second-order valence-electron chi connectivity index (χ2n) is 1.25. The Hall–Kier alpha value is 0.397. The standard InChI is InChI=1S/C6H5O.3CH3.Ce/c7-6-4-2-1-3-5-6;;;;/h1-4,7H;3*1H3;/q4*-1;+4. The predicted molar refractivity (Wildman–Crippen MR) is 46.2 cm³/mol. The van der Waals surface area contributed by atoms with Crippen molar-refractivity contribution in [1.82, 2.24) is 0 Å². The summed E-state index contributed by atoms with van der Waals surface area (Å²) in [5.74, 6) is 0.197. The van der Waals surface area contributed by atoms with Crippen LogP contribution >= 0.6 is 0 Å². The van der Waals surface area contributed by atoms with Gasteiger partial charge >= 0.3 is 41.7 Å². The van der Waals surface area contributed by atoms with Crippen LogP contribution in [0.4, 0.5) is 0 Å². The molecule has 1 aromatic carbocycles. The van der Waals surface area contributed by atoms with Crippen LogP contribution in [-0.4, -0.2) is 5.11 Å². The van der Waals surface area contributed by atoms with Gasteiger partial charge in [-0.05, 0) is 0 Å². The Bertz CT molecular complexity index is 139. The van der Waals surface area contributed by atoms with Crippen LogP contribution in [-0.2, 0) is 0 Å². The summed E-state index contributed by atoms with van der Waals surface area (Å²) in [7, 11) is 0. The second-order valence-corrected chi connectivity index (χ2v) is 1.25. The van der Waals surface area contributed by atoms with E-state index in [2.05, 4.69) is 6.07 Å². The number of para-hydroxylation sites is 1. The van der Waals surface area contributed by atoms with Crippen LogP contribution in [0.15, 0.2) is 24.3 Å². The number of phenolic OH excluding ortho intramolecular Hbond substituents is 1. The Labute approximate surface area is 104 Å². The Morgan fingerprint density at radius 3 is 1.82 bits per heavy atom. The van der Waals surface area contributed by atoms with Crippen molar-refractivity contribution in [1.29, 1.82) is 0 Å². The summed E-state index contributed by atoms with van der Waals surface area (Å²) in [6, 6.07) is 9.39. The molecule has 60 valence electrons. The molecular weight excluding hydrogens is 264 g/mol. The van der Waals surface area contributed by atoms with Crippen molar-refractivity contribution in [3.63, 3.8) is 0 Å². The summed E-state index contributed by atoms with van der Waals surface area (Å²) in [6.07, 6.45) is 0. The normalized spacial score (nSPS) is 5.45. The van der Waals surface area contributed by atoms with Gasteiger partial charge in [-0.1, -0.05) is 0 Å². The summed E-state index contributed by atoms with van der Waals surface area (Å²) in [5, 5.41) is 8.58. The molecule has 2 heteroatoms. The maximum absolute atomic E-state index is 8.58. The van der Waals surface area contributed by atoms with E-state index in [4.69, 9.17) is 5.11 Å². The van der Waals surface area contributed by atoms with Gasteiger partial charge in [0.25, 0.3) is 0 Å². The summed E-state index contributed by atoms with van der Waals surface area (Å²) < 4.78 is 0. The van der Waals surface area contributed by atoms with Gasteiger partial charge in [0.05, 0.1) is 0 Å². The average molecular weight is 278 g/mol. The molecular formula is C9H14CeO. The third kappa shape index (κ3) is 10.4. The Morgan fingerprint density at radius 1 is 1.09 bits per heavy atom. The molecule has 0 bridgehead atoms. The van der Waals surface area contributed by atoms with E-state index in [1.807, 2.05) is 0 Å². The summed E-state index contributed by atoms with van der Waals surface area (Å²) >= 11 is 0. The molecule has 11 heavy (non-hydrogen) atoms. The number of phenols is 1. The van der Waals surface area contributed by atoms with Gasteiger partial charge in [0.15, 0.2) is 0 Å². The van der Waals surface area contributed by atoms with Crippen LogP contribution in [0.1, 0.15) is 0 Å². The van der Waals surface area contributed by atoms with E-state index < -0.39 is 0 Å². The maximum Gasteiger partial charge on any atom is 4.00 e. The molecule has 1 aromatic rings. The zero-order valence-corrected chi connectivity index (χ0v) is 10.4. The topological polar surface area (TPSA) is 20.2 Å². The van der Waals surface area contributed by atoms with Gasteiger partial charge in [0, 0.05) is 5.75 Å². The molecule has 0 unspecified atom stereocenters. The number of hydrogen-bond donors (Lipinski definition) is 1. The third-order valence-corrected chi connectivity index (χ3v) is 0.693. The van der Waals surface area contributed by atoms with Gasteiger partial charge in [-0.2, -0.15) is 18.2 Å². The third-order valence-electron chi connectivity index (χ3n) is 0.693. The minimum atomic E-state index is 0. The molecule has 1 nitrogen and oxygen atoms in total. The van der Waals surface area contributed by atoms with Crippen LogP contribution in [0, 0.1) is 70.1 Å². The van der Waals surface area contributed by atoms with E-state index in [0.717, 1.165) is 0 Å². The van der Waals surface area contributed by atoms with Crippen molar-refractivity contribution >= 4 is 0 Å². The fraction of sp³-hybridized carbons (Fsp3) is 0. The zero-order valence-electron chi connectivity index (χ0n) is 7.26. The second kappa shape index (κ2) is 13.0. The quantitative estimate of drug-likeness (QED) is 0.723. The zero-order chi connectivity index (χ0) is 5.11. The molecule has 0 aliphatic rings. The van der Waals surface area contributed by atoms with Gasteiger partial charge < -0.3 is 27.4 Å². The molecule has 0 saturated carbocycles. The van der Waals surface area contributed by atoms with Crippen LogP contribution in [0.2, 0.25) is 0 Å².